The number of carbonyl (C=O) groups excluding carboxylic acids is 1. The number of nitrogens with one attached hydrogen (secondary N) is 1. The molecule has 2 aromatic carbocycles. The Labute approximate surface area is 129 Å². The molecule has 0 aliphatic carbocycles. The summed E-state index contributed by atoms with van der Waals surface area (Å²) in [6, 6.07) is 5.20. The summed E-state index contributed by atoms with van der Waals surface area (Å²) in [6.45, 7) is 0. The fraction of sp³-hybridized carbons (Fsp3) is 0. The summed E-state index contributed by atoms with van der Waals surface area (Å²) in [4.78, 5) is 11.9. The second-order valence-corrected chi connectivity index (χ2v) is 5.53. The molecule has 0 atom stereocenters. The Hall–Kier alpha value is -1.34. The predicted molar refractivity (Wildman–Crippen MR) is 76.1 cm³/mol. The molecule has 0 aromatic heterocycles. The summed E-state index contributed by atoms with van der Waals surface area (Å²) in [7, 11) is 0. The Bertz CT molecular complexity index is 692. The highest BCUT2D eigenvalue weighted by atomic mass is 79.9. The van der Waals surface area contributed by atoms with E-state index in [1.807, 2.05) is 0 Å². The second-order valence-electron chi connectivity index (χ2n) is 3.82. The third-order valence-electron chi connectivity index (χ3n) is 2.43. The standard InChI is InChI=1S/C13H6Br2F3NO/c14-8-3-6(16)1-2-7(8)13(20)19-12-5-10(17)9(15)4-11(12)18/h1-5H,(H,19,20). The lowest BCUT2D eigenvalue weighted by molar-refractivity contribution is 0.102. The maximum atomic E-state index is 13.6. The average molecular weight is 409 g/mol. The molecular weight excluding hydrogens is 403 g/mol. The van der Waals surface area contributed by atoms with Gasteiger partial charge in [0, 0.05) is 10.5 Å². The Morgan fingerprint density at radius 1 is 0.950 bits per heavy atom. The lowest BCUT2D eigenvalue weighted by Crippen LogP contribution is -2.14. The fourth-order valence-corrected chi connectivity index (χ4v) is 2.33. The Morgan fingerprint density at radius 3 is 2.30 bits per heavy atom. The molecule has 20 heavy (non-hydrogen) atoms. The number of anilines is 1. The molecule has 0 radical (unpaired) electrons. The van der Waals surface area contributed by atoms with Gasteiger partial charge in [-0.3, -0.25) is 4.79 Å². The Kier molecular flexibility index (Phi) is 4.49. The van der Waals surface area contributed by atoms with Gasteiger partial charge in [0.05, 0.1) is 15.7 Å². The molecule has 0 unspecified atom stereocenters. The van der Waals surface area contributed by atoms with Crippen molar-refractivity contribution in [2.75, 3.05) is 5.32 Å². The van der Waals surface area contributed by atoms with Crippen LogP contribution >= 0.6 is 31.9 Å². The smallest absolute Gasteiger partial charge is 0.256 e. The van der Waals surface area contributed by atoms with Crippen LogP contribution in [0.15, 0.2) is 39.3 Å². The van der Waals surface area contributed by atoms with Gasteiger partial charge < -0.3 is 5.32 Å². The summed E-state index contributed by atoms with van der Waals surface area (Å²) in [5.41, 5.74) is -0.193. The molecule has 104 valence electrons. The Balaban J connectivity index is 2.30. The van der Waals surface area contributed by atoms with Crippen LogP contribution in [0.1, 0.15) is 10.4 Å². The quantitative estimate of drug-likeness (QED) is 0.705. The van der Waals surface area contributed by atoms with Crippen LogP contribution < -0.4 is 5.32 Å². The molecule has 0 saturated heterocycles. The highest BCUT2D eigenvalue weighted by Gasteiger charge is 2.15. The van der Waals surface area contributed by atoms with E-state index in [4.69, 9.17) is 0 Å². The van der Waals surface area contributed by atoms with Gasteiger partial charge in [0.1, 0.15) is 17.5 Å². The Morgan fingerprint density at radius 2 is 1.65 bits per heavy atom. The van der Waals surface area contributed by atoms with E-state index in [1.165, 1.54) is 6.07 Å². The van der Waals surface area contributed by atoms with Gasteiger partial charge in [-0.25, -0.2) is 13.2 Å². The zero-order valence-corrected chi connectivity index (χ0v) is 12.9. The molecule has 0 saturated carbocycles. The normalized spacial score (nSPS) is 10.4. The number of hydrogen-bond acceptors (Lipinski definition) is 1. The molecule has 2 nitrogen and oxygen atoms in total. The minimum Gasteiger partial charge on any atom is -0.319 e. The van der Waals surface area contributed by atoms with E-state index in [1.54, 1.807) is 0 Å². The molecule has 7 heteroatoms. The van der Waals surface area contributed by atoms with Gasteiger partial charge >= 0.3 is 0 Å². The van der Waals surface area contributed by atoms with Gasteiger partial charge in [0.25, 0.3) is 5.91 Å². The molecule has 2 rings (SSSR count). The first kappa shape index (κ1) is 15.1. The van der Waals surface area contributed by atoms with Crippen LogP contribution in [0.25, 0.3) is 0 Å². The van der Waals surface area contributed by atoms with Crippen molar-refractivity contribution in [1.82, 2.24) is 0 Å². The van der Waals surface area contributed by atoms with Crippen molar-refractivity contribution < 1.29 is 18.0 Å². The molecule has 0 aliphatic heterocycles. The van der Waals surface area contributed by atoms with Gasteiger partial charge in [-0.1, -0.05) is 0 Å². The third kappa shape index (κ3) is 3.21. The average Bonchev–Trinajstić information content (AvgIpc) is 2.35. The third-order valence-corrected chi connectivity index (χ3v) is 3.70. The van der Waals surface area contributed by atoms with Crippen LogP contribution in [0, 0.1) is 17.5 Å². The second kappa shape index (κ2) is 5.97. The van der Waals surface area contributed by atoms with Crippen LogP contribution in [-0.4, -0.2) is 5.91 Å². The van der Waals surface area contributed by atoms with E-state index in [0.29, 0.717) is 0 Å². The van der Waals surface area contributed by atoms with Crippen molar-refractivity contribution in [2.24, 2.45) is 0 Å². The highest BCUT2D eigenvalue weighted by molar-refractivity contribution is 9.10. The van der Waals surface area contributed by atoms with E-state index in [2.05, 4.69) is 37.2 Å². The molecule has 0 fully saturated rings. The monoisotopic (exact) mass is 407 g/mol. The van der Waals surface area contributed by atoms with Gasteiger partial charge in [-0.05, 0) is 56.1 Å². The van der Waals surface area contributed by atoms with Crippen LogP contribution in [0.4, 0.5) is 18.9 Å². The molecule has 1 N–H and O–H groups in total. The summed E-state index contributed by atoms with van der Waals surface area (Å²) < 4.78 is 40.0. The maximum absolute atomic E-state index is 13.6. The molecule has 0 heterocycles. The van der Waals surface area contributed by atoms with Crippen molar-refractivity contribution in [3.05, 3.63) is 62.3 Å². The first-order chi connectivity index (χ1) is 9.38. The minimum absolute atomic E-state index is 0.0454. The number of hydrogen-bond donors (Lipinski definition) is 1. The van der Waals surface area contributed by atoms with Crippen molar-refractivity contribution >= 4 is 43.5 Å². The SMILES string of the molecule is O=C(Nc1cc(F)c(Br)cc1F)c1ccc(F)cc1Br. The van der Waals surface area contributed by atoms with Crippen LogP contribution in [0.5, 0.6) is 0 Å². The van der Waals surface area contributed by atoms with Crippen molar-refractivity contribution in [2.45, 2.75) is 0 Å². The van der Waals surface area contributed by atoms with Gasteiger partial charge in [0.15, 0.2) is 0 Å². The fourth-order valence-electron chi connectivity index (χ4n) is 1.48. The highest BCUT2D eigenvalue weighted by Crippen LogP contribution is 2.25. The van der Waals surface area contributed by atoms with Crippen molar-refractivity contribution in [3.63, 3.8) is 0 Å². The van der Waals surface area contributed by atoms with E-state index < -0.39 is 23.4 Å². The molecular formula is C13H6Br2F3NO. The van der Waals surface area contributed by atoms with E-state index in [-0.39, 0.29) is 20.2 Å². The number of benzene rings is 2. The van der Waals surface area contributed by atoms with Crippen LogP contribution in [0.2, 0.25) is 0 Å². The summed E-state index contributed by atoms with van der Waals surface area (Å²) in [5.74, 6) is -2.70. The van der Waals surface area contributed by atoms with E-state index in [9.17, 15) is 18.0 Å². The molecule has 2 aromatic rings. The minimum atomic E-state index is -0.787. The topological polar surface area (TPSA) is 29.1 Å². The zero-order valence-electron chi connectivity index (χ0n) is 9.68. The lowest BCUT2D eigenvalue weighted by atomic mass is 10.2. The maximum Gasteiger partial charge on any atom is 0.256 e. The van der Waals surface area contributed by atoms with Gasteiger partial charge in [0.2, 0.25) is 0 Å². The summed E-state index contributed by atoms with van der Waals surface area (Å²) >= 11 is 5.86. The summed E-state index contributed by atoms with van der Waals surface area (Å²) in [5, 5.41) is 2.23. The molecule has 1 amide bonds. The zero-order chi connectivity index (χ0) is 14.9. The molecule has 0 spiro atoms. The number of amides is 1. The summed E-state index contributed by atoms with van der Waals surface area (Å²) in [6.07, 6.45) is 0. The number of rotatable bonds is 2. The number of halogens is 5. The number of carbonyl (C=O) groups is 1. The van der Waals surface area contributed by atoms with Gasteiger partial charge in [-0.15, -0.1) is 0 Å². The van der Waals surface area contributed by atoms with Crippen molar-refractivity contribution in [1.29, 1.82) is 0 Å². The molecule has 0 aliphatic rings. The first-order valence-electron chi connectivity index (χ1n) is 5.29. The predicted octanol–water partition coefficient (Wildman–Crippen LogP) is 4.88. The lowest BCUT2D eigenvalue weighted by Gasteiger charge is -2.09. The van der Waals surface area contributed by atoms with Crippen LogP contribution in [-0.2, 0) is 0 Å². The molecule has 0 bridgehead atoms. The van der Waals surface area contributed by atoms with Gasteiger partial charge in [-0.2, -0.15) is 0 Å². The first-order valence-corrected chi connectivity index (χ1v) is 6.88. The van der Waals surface area contributed by atoms with Crippen molar-refractivity contribution in [3.8, 4) is 0 Å². The van der Waals surface area contributed by atoms with Crippen LogP contribution in [0.3, 0.4) is 0 Å². The largest absolute Gasteiger partial charge is 0.319 e. The van der Waals surface area contributed by atoms with E-state index >= 15 is 0 Å². The van der Waals surface area contributed by atoms with E-state index in [0.717, 1.165) is 24.3 Å².